The molecular formula is C7H8N4O3. The molecule has 2 rings (SSSR count). The number of nitrogen functional groups attached to an aromatic ring is 1. The average Bonchev–Trinajstić information content (AvgIpc) is 2.50. The van der Waals surface area contributed by atoms with E-state index >= 15 is 0 Å². The molecule has 0 amide bonds. The normalized spacial score (nSPS) is 13.6. The van der Waals surface area contributed by atoms with Crippen molar-refractivity contribution in [2.45, 2.75) is 0 Å². The summed E-state index contributed by atoms with van der Waals surface area (Å²) in [5, 5.41) is 11.9. The van der Waals surface area contributed by atoms with Crippen molar-refractivity contribution in [2.75, 3.05) is 23.3 Å². The summed E-state index contributed by atoms with van der Waals surface area (Å²) in [6, 6.07) is 2.81. The smallest absolute Gasteiger partial charge is 0.297 e. The number of hydrogen-bond donors (Lipinski definition) is 2. The zero-order valence-electron chi connectivity index (χ0n) is 7.35. The maximum Gasteiger partial charge on any atom is 0.297 e. The number of rotatable bonds is 1. The zero-order valence-corrected chi connectivity index (χ0v) is 7.35. The van der Waals surface area contributed by atoms with Crippen molar-refractivity contribution in [3.8, 4) is 0 Å². The van der Waals surface area contributed by atoms with E-state index in [1.54, 1.807) is 7.05 Å². The minimum Gasteiger partial charge on any atom is -0.397 e. The molecule has 0 aliphatic carbocycles. The Morgan fingerprint density at radius 1 is 1.64 bits per heavy atom. The first-order chi connectivity index (χ1) is 6.61. The Labute approximate surface area is 79.1 Å². The number of nitrogens with one attached hydrogen (secondary N) is 1. The van der Waals surface area contributed by atoms with Gasteiger partial charge in [0, 0.05) is 13.1 Å². The number of fused-ring (bicyclic) bond motifs is 1. The summed E-state index contributed by atoms with van der Waals surface area (Å²) in [6.45, 7) is 0. The van der Waals surface area contributed by atoms with Crippen molar-refractivity contribution in [1.82, 2.24) is 0 Å². The molecule has 0 saturated heterocycles. The van der Waals surface area contributed by atoms with E-state index in [0.717, 1.165) is 0 Å². The Morgan fingerprint density at radius 2 is 2.36 bits per heavy atom. The number of hydroxylamine groups is 1. The predicted octanol–water partition coefficient (Wildman–Crippen LogP) is 0.885. The van der Waals surface area contributed by atoms with Crippen LogP contribution >= 0.6 is 0 Å². The van der Waals surface area contributed by atoms with E-state index in [4.69, 9.17) is 10.7 Å². The van der Waals surface area contributed by atoms with Crippen LogP contribution in [0.3, 0.4) is 0 Å². The van der Waals surface area contributed by atoms with Crippen LogP contribution in [-0.2, 0) is 4.94 Å². The topological polar surface area (TPSA) is 93.7 Å². The highest BCUT2D eigenvalue weighted by atomic mass is 16.8. The van der Waals surface area contributed by atoms with Crippen LogP contribution in [0.15, 0.2) is 12.1 Å². The lowest BCUT2D eigenvalue weighted by Gasteiger charge is -2.07. The van der Waals surface area contributed by atoms with Gasteiger partial charge in [-0.2, -0.15) is 4.94 Å². The Hall–Kier alpha value is -2.02. The number of nitrogens with zero attached hydrogens (tertiary/aromatic N) is 2. The van der Waals surface area contributed by atoms with Gasteiger partial charge in [-0.1, -0.05) is 0 Å². The maximum absolute atomic E-state index is 10.7. The highest BCUT2D eigenvalue weighted by Crippen LogP contribution is 2.42. The summed E-state index contributed by atoms with van der Waals surface area (Å²) in [5.74, 6) is 0. The van der Waals surface area contributed by atoms with E-state index in [-0.39, 0.29) is 5.69 Å². The van der Waals surface area contributed by atoms with Crippen molar-refractivity contribution in [1.29, 1.82) is 0 Å². The van der Waals surface area contributed by atoms with Gasteiger partial charge in [0.25, 0.3) is 5.69 Å². The second-order valence-electron chi connectivity index (χ2n) is 2.85. The second kappa shape index (κ2) is 2.74. The summed E-state index contributed by atoms with van der Waals surface area (Å²) >= 11 is 0. The number of benzene rings is 1. The lowest BCUT2D eigenvalue weighted by Crippen LogP contribution is -2.13. The van der Waals surface area contributed by atoms with Gasteiger partial charge in [-0.3, -0.25) is 10.1 Å². The molecule has 3 N–H and O–H groups in total. The van der Waals surface area contributed by atoms with Gasteiger partial charge in [-0.05, 0) is 6.07 Å². The molecule has 0 atom stereocenters. The average molecular weight is 196 g/mol. The molecule has 0 unspecified atom stereocenters. The number of nitrogens with two attached hydrogens (primary N) is 1. The van der Waals surface area contributed by atoms with E-state index in [9.17, 15) is 10.1 Å². The van der Waals surface area contributed by atoms with Gasteiger partial charge in [0.1, 0.15) is 5.69 Å². The lowest BCUT2D eigenvalue weighted by molar-refractivity contribution is -0.384. The third-order valence-corrected chi connectivity index (χ3v) is 1.99. The van der Waals surface area contributed by atoms with Crippen molar-refractivity contribution in [2.24, 2.45) is 0 Å². The minimum atomic E-state index is -0.481. The molecule has 14 heavy (non-hydrogen) atoms. The SMILES string of the molecule is CN1ONc2c(N)ccc([N+](=O)[O-])c21. The molecule has 1 heterocycles. The monoisotopic (exact) mass is 196 g/mol. The molecule has 7 heteroatoms. The number of anilines is 3. The van der Waals surface area contributed by atoms with Gasteiger partial charge < -0.3 is 5.73 Å². The summed E-state index contributed by atoms with van der Waals surface area (Å²) in [6.07, 6.45) is 0. The number of nitro benzene ring substituents is 1. The van der Waals surface area contributed by atoms with Crippen LogP contribution in [0.25, 0.3) is 0 Å². The predicted molar refractivity (Wildman–Crippen MR) is 50.6 cm³/mol. The second-order valence-corrected chi connectivity index (χ2v) is 2.85. The molecule has 0 saturated carbocycles. The Kier molecular flexibility index (Phi) is 1.68. The van der Waals surface area contributed by atoms with Gasteiger partial charge in [-0.25, -0.2) is 10.5 Å². The van der Waals surface area contributed by atoms with Crippen LogP contribution < -0.4 is 16.3 Å². The van der Waals surface area contributed by atoms with Gasteiger partial charge in [0.15, 0.2) is 5.69 Å². The van der Waals surface area contributed by atoms with Crippen molar-refractivity contribution < 1.29 is 9.86 Å². The van der Waals surface area contributed by atoms with Crippen molar-refractivity contribution in [3.05, 3.63) is 22.2 Å². The molecule has 74 valence electrons. The number of nitro groups is 1. The summed E-state index contributed by atoms with van der Waals surface area (Å²) in [4.78, 5) is 15.1. The van der Waals surface area contributed by atoms with Crippen LogP contribution in [0, 0.1) is 10.1 Å². The molecule has 0 bridgehead atoms. The van der Waals surface area contributed by atoms with E-state index in [2.05, 4.69) is 5.48 Å². The van der Waals surface area contributed by atoms with Crippen LogP contribution in [-0.4, -0.2) is 12.0 Å². The summed E-state index contributed by atoms with van der Waals surface area (Å²) in [5.41, 5.74) is 9.27. The highest BCUT2D eigenvalue weighted by molar-refractivity contribution is 5.88. The molecule has 0 radical (unpaired) electrons. The molecule has 1 aromatic rings. The molecule has 1 aromatic carbocycles. The third-order valence-electron chi connectivity index (χ3n) is 1.99. The van der Waals surface area contributed by atoms with Crippen LogP contribution in [0.2, 0.25) is 0 Å². The Morgan fingerprint density at radius 3 is 3.00 bits per heavy atom. The van der Waals surface area contributed by atoms with E-state index in [0.29, 0.717) is 17.1 Å². The Balaban J connectivity index is 2.66. The summed E-state index contributed by atoms with van der Waals surface area (Å²) < 4.78 is 0. The minimum absolute atomic E-state index is 0.0401. The van der Waals surface area contributed by atoms with Crippen molar-refractivity contribution >= 4 is 22.7 Å². The quantitative estimate of drug-likeness (QED) is 0.393. The third kappa shape index (κ3) is 1.03. The molecule has 1 aliphatic heterocycles. The lowest BCUT2D eigenvalue weighted by atomic mass is 10.2. The Bertz CT molecular complexity index is 406. The van der Waals surface area contributed by atoms with Gasteiger partial charge in [0.2, 0.25) is 0 Å². The standard InChI is InChI=1S/C7H8N4O3/c1-10-7-5(11(12)13)3-2-4(8)6(7)9-14-10/h2-3,9H,8H2,1H3. The van der Waals surface area contributed by atoms with Crippen LogP contribution in [0.1, 0.15) is 0 Å². The summed E-state index contributed by atoms with van der Waals surface area (Å²) in [7, 11) is 1.56. The van der Waals surface area contributed by atoms with Gasteiger partial charge in [-0.15, -0.1) is 0 Å². The van der Waals surface area contributed by atoms with Gasteiger partial charge >= 0.3 is 0 Å². The fourth-order valence-electron chi connectivity index (χ4n) is 1.33. The first-order valence-corrected chi connectivity index (χ1v) is 3.85. The number of hydrogen-bond acceptors (Lipinski definition) is 6. The van der Waals surface area contributed by atoms with Crippen molar-refractivity contribution in [3.63, 3.8) is 0 Å². The zero-order chi connectivity index (χ0) is 10.3. The van der Waals surface area contributed by atoms with Gasteiger partial charge in [0.05, 0.1) is 10.6 Å². The highest BCUT2D eigenvalue weighted by Gasteiger charge is 2.29. The largest absolute Gasteiger partial charge is 0.397 e. The van der Waals surface area contributed by atoms with Crippen LogP contribution in [0.5, 0.6) is 0 Å². The molecule has 0 fully saturated rings. The maximum atomic E-state index is 10.7. The molecule has 0 aromatic heterocycles. The van der Waals surface area contributed by atoms with E-state index in [1.807, 2.05) is 0 Å². The molecular weight excluding hydrogens is 188 g/mol. The molecule has 0 spiro atoms. The fraction of sp³-hybridized carbons (Fsp3) is 0.143. The first-order valence-electron chi connectivity index (χ1n) is 3.85. The molecule has 7 nitrogen and oxygen atoms in total. The first kappa shape index (κ1) is 8.57. The fourth-order valence-corrected chi connectivity index (χ4v) is 1.33. The van der Waals surface area contributed by atoms with E-state index in [1.165, 1.54) is 17.2 Å². The molecule has 1 aliphatic rings. The van der Waals surface area contributed by atoms with Crippen LogP contribution in [0.4, 0.5) is 22.7 Å². The van der Waals surface area contributed by atoms with E-state index < -0.39 is 4.92 Å².